The molecule has 15 nitrogen and oxygen atoms in total. The Balaban J connectivity index is 3.45. The fourth-order valence-electron chi connectivity index (χ4n) is 5.07. The Bertz CT molecular complexity index is 711. The largest absolute Gasteiger partial charge is 0.339 e. The minimum absolute atomic E-state index is 0.106. The molecule has 260 valence electrons. The molecule has 1 aliphatic rings. The summed E-state index contributed by atoms with van der Waals surface area (Å²) >= 11 is 0. The third-order valence-electron chi connectivity index (χ3n) is 7.94. The summed E-state index contributed by atoms with van der Waals surface area (Å²) in [5.41, 5.74) is 28.3. The third kappa shape index (κ3) is 16.3. The molecule has 0 bridgehead atoms. The van der Waals surface area contributed by atoms with E-state index in [1.54, 1.807) is 24.5 Å². The van der Waals surface area contributed by atoms with Gasteiger partial charge in [0.2, 0.25) is 29.5 Å². The van der Waals surface area contributed by atoms with Gasteiger partial charge < -0.3 is 53.2 Å². The van der Waals surface area contributed by atoms with Crippen LogP contribution in [0.2, 0.25) is 0 Å². The fraction of sp³-hybridized carbons (Fsp3) is 0.833. The van der Waals surface area contributed by atoms with Crippen molar-refractivity contribution in [1.82, 2.24) is 24.5 Å². The fourth-order valence-corrected chi connectivity index (χ4v) is 5.07. The van der Waals surface area contributed by atoms with E-state index >= 15 is 0 Å². The number of carbonyl (C=O) groups is 5. The van der Waals surface area contributed by atoms with Crippen LogP contribution < -0.4 is 28.7 Å². The van der Waals surface area contributed by atoms with Gasteiger partial charge in [0.1, 0.15) is 0 Å². The monoisotopic (exact) mass is 640 g/mol. The number of nitrogens with zero attached hydrogens (tertiary/aromatic N) is 5. The van der Waals surface area contributed by atoms with E-state index in [0.29, 0.717) is 64.8 Å². The SMILES string of the molecule is NCCCC(=O)N1CCN(C(=O)CCCN)CCN(C(=O)CCCN)CCN(C(=O)CCCN)CCN(C(=O)CCCN)CC1. The Hall–Kier alpha value is -2.85. The van der Waals surface area contributed by atoms with Gasteiger partial charge in [0, 0.05) is 97.6 Å². The lowest BCUT2D eigenvalue weighted by atomic mass is 10.2. The lowest BCUT2D eigenvalue weighted by Crippen LogP contribution is -2.47. The van der Waals surface area contributed by atoms with Gasteiger partial charge in [0.15, 0.2) is 0 Å². The second-order valence-corrected chi connectivity index (χ2v) is 11.4. The zero-order valence-electron chi connectivity index (χ0n) is 27.3. The predicted molar refractivity (Wildman–Crippen MR) is 174 cm³/mol. The Morgan fingerprint density at radius 3 is 0.556 bits per heavy atom. The highest BCUT2D eigenvalue weighted by molar-refractivity contribution is 5.79. The van der Waals surface area contributed by atoms with E-state index in [9.17, 15) is 24.0 Å². The molecular formula is C30H60N10O5. The topological polar surface area (TPSA) is 232 Å². The van der Waals surface area contributed by atoms with Crippen molar-refractivity contribution in [2.75, 3.05) is 98.2 Å². The number of hydrogen-bond donors (Lipinski definition) is 5. The molecule has 5 amide bonds. The average Bonchev–Trinajstić information content (AvgIpc) is 3.05. The van der Waals surface area contributed by atoms with Gasteiger partial charge in [-0.25, -0.2) is 0 Å². The van der Waals surface area contributed by atoms with Crippen molar-refractivity contribution in [3.8, 4) is 0 Å². The molecule has 10 N–H and O–H groups in total. The Kier molecular flexibility index (Phi) is 21.8. The summed E-state index contributed by atoms with van der Waals surface area (Å²) in [6.07, 6.45) is 3.88. The molecular weight excluding hydrogens is 580 g/mol. The Labute approximate surface area is 269 Å². The zero-order chi connectivity index (χ0) is 33.5. The van der Waals surface area contributed by atoms with Crippen LogP contribution in [0, 0.1) is 0 Å². The molecule has 0 spiro atoms. The van der Waals surface area contributed by atoms with E-state index in [4.69, 9.17) is 28.7 Å². The third-order valence-corrected chi connectivity index (χ3v) is 7.94. The number of carbonyl (C=O) groups excluding carboxylic acids is 5. The molecule has 0 atom stereocenters. The molecule has 15 heteroatoms. The number of nitrogens with two attached hydrogens (primary N) is 5. The first-order chi connectivity index (χ1) is 21.7. The summed E-state index contributed by atoms with van der Waals surface area (Å²) in [4.78, 5) is 74.6. The summed E-state index contributed by atoms with van der Waals surface area (Å²) in [7, 11) is 0. The molecule has 0 radical (unpaired) electrons. The van der Waals surface area contributed by atoms with E-state index < -0.39 is 0 Å². The maximum absolute atomic E-state index is 13.2. The second-order valence-electron chi connectivity index (χ2n) is 11.4. The normalized spacial score (nSPS) is 15.9. The molecule has 0 aromatic rings. The van der Waals surface area contributed by atoms with Gasteiger partial charge in [-0.15, -0.1) is 0 Å². The molecule has 0 aliphatic carbocycles. The van der Waals surface area contributed by atoms with Gasteiger partial charge in [-0.1, -0.05) is 0 Å². The van der Waals surface area contributed by atoms with Gasteiger partial charge in [0.05, 0.1) is 0 Å². The number of rotatable bonds is 15. The molecule has 0 aromatic heterocycles. The molecule has 1 aliphatic heterocycles. The summed E-state index contributed by atoms with van der Waals surface area (Å²) < 4.78 is 0. The van der Waals surface area contributed by atoms with Gasteiger partial charge in [-0.05, 0) is 64.8 Å². The van der Waals surface area contributed by atoms with Crippen LogP contribution in [-0.2, 0) is 24.0 Å². The minimum Gasteiger partial charge on any atom is -0.339 e. The van der Waals surface area contributed by atoms with Crippen molar-refractivity contribution in [3.05, 3.63) is 0 Å². The van der Waals surface area contributed by atoms with Crippen molar-refractivity contribution in [2.45, 2.75) is 64.2 Å². The smallest absolute Gasteiger partial charge is 0.222 e. The highest BCUT2D eigenvalue weighted by atomic mass is 16.2. The summed E-state index contributed by atoms with van der Waals surface area (Å²) in [6.45, 7) is 4.56. The van der Waals surface area contributed by atoms with Crippen LogP contribution in [0.3, 0.4) is 0 Å². The van der Waals surface area contributed by atoms with Crippen LogP contribution in [0.25, 0.3) is 0 Å². The Morgan fingerprint density at radius 1 is 0.311 bits per heavy atom. The van der Waals surface area contributed by atoms with Gasteiger partial charge >= 0.3 is 0 Å². The van der Waals surface area contributed by atoms with Crippen molar-refractivity contribution >= 4 is 29.5 Å². The molecule has 1 fully saturated rings. The molecule has 1 saturated heterocycles. The first kappa shape index (κ1) is 40.2. The predicted octanol–water partition coefficient (Wildman–Crippen LogP) is -2.16. The molecule has 45 heavy (non-hydrogen) atoms. The molecule has 1 rings (SSSR count). The van der Waals surface area contributed by atoms with Crippen LogP contribution >= 0.6 is 0 Å². The lowest BCUT2D eigenvalue weighted by Gasteiger charge is -2.31. The first-order valence-electron chi connectivity index (χ1n) is 16.6. The number of amides is 5. The van der Waals surface area contributed by atoms with Crippen molar-refractivity contribution in [1.29, 1.82) is 0 Å². The molecule has 1 heterocycles. The van der Waals surface area contributed by atoms with Gasteiger partial charge in [-0.3, -0.25) is 24.0 Å². The van der Waals surface area contributed by atoms with Crippen LogP contribution in [0.1, 0.15) is 64.2 Å². The highest BCUT2D eigenvalue weighted by Gasteiger charge is 2.25. The average molecular weight is 641 g/mol. The zero-order valence-corrected chi connectivity index (χ0v) is 27.3. The van der Waals surface area contributed by atoms with Crippen LogP contribution in [0.4, 0.5) is 0 Å². The maximum Gasteiger partial charge on any atom is 0.222 e. The molecule has 0 saturated carbocycles. The van der Waals surface area contributed by atoms with Crippen molar-refractivity contribution in [2.24, 2.45) is 28.7 Å². The van der Waals surface area contributed by atoms with E-state index in [1.165, 1.54) is 0 Å². The summed E-state index contributed by atoms with van der Waals surface area (Å²) in [5, 5.41) is 0. The second kappa shape index (κ2) is 24.4. The first-order valence-corrected chi connectivity index (χ1v) is 16.6. The number of hydrogen-bond acceptors (Lipinski definition) is 10. The van der Waals surface area contributed by atoms with Crippen LogP contribution in [0.5, 0.6) is 0 Å². The molecule has 0 aromatic carbocycles. The van der Waals surface area contributed by atoms with E-state index in [-0.39, 0.29) is 127 Å². The maximum atomic E-state index is 13.2. The van der Waals surface area contributed by atoms with Crippen LogP contribution in [-0.4, -0.2) is 152 Å². The van der Waals surface area contributed by atoms with Crippen LogP contribution in [0.15, 0.2) is 0 Å². The van der Waals surface area contributed by atoms with Gasteiger partial charge in [-0.2, -0.15) is 0 Å². The Morgan fingerprint density at radius 2 is 0.444 bits per heavy atom. The van der Waals surface area contributed by atoms with E-state index in [2.05, 4.69) is 0 Å². The van der Waals surface area contributed by atoms with Gasteiger partial charge in [0.25, 0.3) is 0 Å². The van der Waals surface area contributed by atoms with E-state index in [0.717, 1.165) is 0 Å². The minimum atomic E-state index is -0.106. The lowest BCUT2D eigenvalue weighted by molar-refractivity contribution is -0.137. The van der Waals surface area contributed by atoms with Crippen molar-refractivity contribution < 1.29 is 24.0 Å². The van der Waals surface area contributed by atoms with Crippen molar-refractivity contribution in [3.63, 3.8) is 0 Å². The van der Waals surface area contributed by atoms with E-state index in [1.807, 2.05) is 0 Å². The quantitative estimate of drug-likeness (QED) is 0.130. The summed E-state index contributed by atoms with van der Waals surface area (Å²) in [6, 6.07) is 0. The standard InChI is InChI=1S/C30H60N10O5/c31-11-1-6-26(41)36-16-18-37(27(42)7-2-12-32)20-22-39(29(44)9-4-14-34)24-25-40(30(45)10-5-15-35)23-21-38(19-17-36)28(43)8-3-13-33/h1-25,31-35H2. The highest BCUT2D eigenvalue weighted by Crippen LogP contribution is 2.09. The molecule has 0 unspecified atom stereocenters. The summed E-state index contributed by atoms with van der Waals surface area (Å²) in [5.74, 6) is -0.529.